The monoisotopic (exact) mass is 288 g/mol. The molecule has 0 aliphatic heterocycles. The van der Waals surface area contributed by atoms with Crippen molar-refractivity contribution in [1.82, 2.24) is 4.98 Å². The van der Waals surface area contributed by atoms with Crippen LogP contribution in [0.5, 0.6) is 5.75 Å². The molecular formula is C14H12N2O3S. The van der Waals surface area contributed by atoms with Crippen molar-refractivity contribution in [2.45, 2.75) is 19.6 Å². The maximum atomic E-state index is 11.6. The summed E-state index contributed by atoms with van der Waals surface area (Å²) in [6, 6.07) is 8.40. The van der Waals surface area contributed by atoms with Crippen molar-refractivity contribution >= 4 is 17.3 Å². The minimum absolute atomic E-state index is 0.383. The largest absolute Gasteiger partial charge is 0.487 e. The Kier molecular flexibility index (Phi) is 4.69. The number of aromatic nitrogens is 1. The van der Waals surface area contributed by atoms with Crippen molar-refractivity contribution in [3.63, 3.8) is 0 Å². The van der Waals surface area contributed by atoms with Gasteiger partial charge in [-0.3, -0.25) is 0 Å². The minimum Gasteiger partial charge on any atom is -0.487 e. The summed E-state index contributed by atoms with van der Waals surface area (Å²) in [5, 5.41) is 10.5. The molecule has 0 fully saturated rings. The van der Waals surface area contributed by atoms with Crippen LogP contribution in [0.25, 0.3) is 0 Å². The first kappa shape index (κ1) is 14.0. The van der Waals surface area contributed by atoms with Gasteiger partial charge < -0.3 is 9.47 Å². The highest BCUT2D eigenvalue weighted by atomic mass is 32.1. The molecule has 20 heavy (non-hydrogen) atoms. The number of carbonyl (C=O) groups is 1. The highest BCUT2D eigenvalue weighted by Gasteiger charge is 2.11. The molecule has 2 rings (SSSR count). The van der Waals surface area contributed by atoms with E-state index < -0.39 is 12.1 Å². The number of esters is 1. The van der Waals surface area contributed by atoms with E-state index >= 15 is 0 Å². The molecule has 0 aliphatic rings. The third-order valence-electron chi connectivity index (χ3n) is 2.43. The first-order valence-corrected chi connectivity index (χ1v) is 6.84. The smallest absolute Gasteiger partial charge is 0.339 e. The summed E-state index contributed by atoms with van der Waals surface area (Å²) >= 11 is 1.51. The maximum Gasteiger partial charge on any atom is 0.339 e. The Hall–Kier alpha value is -2.39. The zero-order valence-corrected chi connectivity index (χ0v) is 11.6. The van der Waals surface area contributed by atoms with Crippen molar-refractivity contribution < 1.29 is 14.3 Å². The third kappa shape index (κ3) is 3.80. The highest BCUT2D eigenvalue weighted by molar-refractivity contribution is 7.07. The van der Waals surface area contributed by atoms with Gasteiger partial charge >= 0.3 is 5.97 Å². The second kappa shape index (κ2) is 6.68. The maximum absolute atomic E-state index is 11.6. The summed E-state index contributed by atoms with van der Waals surface area (Å²) < 4.78 is 10.4. The molecule has 0 aliphatic carbocycles. The van der Waals surface area contributed by atoms with Gasteiger partial charge in [-0.25, -0.2) is 9.78 Å². The molecule has 1 aromatic heterocycles. The Balaban J connectivity index is 1.92. The Morgan fingerprint density at radius 1 is 1.45 bits per heavy atom. The van der Waals surface area contributed by atoms with Crippen LogP contribution < -0.4 is 4.74 Å². The Morgan fingerprint density at radius 2 is 2.20 bits per heavy atom. The lowest BCUT2D eigenvalue weighted by molar-refractivity contribution is 0.0435. The Labute approximate surface area is 120 Å². The van der Waals surface area contributed by atoms with Crippen LogP contribution in [0.15, 0.2) is 35.2 Å². The van der Waals surface area contributed by atoms with Crippen LogP contribution in [0, 0.1) is 11.3 Å². The lowest BCUT2D eigenvalue weighted by Gasteiger charge is -2.07. The van der Waals surface area contributed by atoms with E-state index in [1.54, 1.807) is 29.8 Å². The normalized spacial score (nSPS) is 11.4. The molecule has 2 aromatic rings. The lowest BCUT2D eigenvalue weighted by atomic mass is 10.2. The number of hydrogen-bond donors (Lipinski definition) is 0. The summed E-state index contributed by atoms with van der Waals surface area (Å²) in [7, 11) is 0. The molecule has 0 unspecified atom stereocenters. The number of carbonyl (C=O) groups excluding carboxylic acids is 1. The highest BCUT2D eigenvalue weighted by Crippen LogP contribution is 2.15. The van der Waals surface area contributed by atoms with Crippen molar-refractivity contribution in [3.05, 3.63) is 46.4 Å². The van der Waals surface area contributed by atoms with Gasteiger partial charge in [0.2, 0.25) is 0 Å². The third-order valence-corrected chi connectivity index (χ3v) is 3.06. The van der Waals surface area contributed by atoms with Crippen molar-refractivity contribution in [1.29, 1.82) is 5.26 Å². The molecule has 0 radical (unpaired) electrons. The molecule has 1 heterocycles. The molecule has 102 valence electrons. The van der Waals surface area contributed by atoms with E-state index in [9.17, 15) is 4.79 Å². The second-order valence-corrected chi connectivity index (χ2v) is 4.69. The first-order valence-electron chi connectivity index (χ1n) is 5.89. The second-order valence-electron chi connectivity index (χ2n) is 3.97. The number of rotatable bonds is 5. The Bertz CT molecular complexity index is 602. The van der Waals surface area contributed by atoms with Crippen molar-refractivity contribution in [3.8, 4) is 11.8 Å². The van der Waals surface area contributed by atoms with Crippen LogP contribution in [-0.4, -0.2) is 17.1 Å². The number of benzene rings is 1. The summed E-state index contributed by atoms with van der Waals surface area (Å²) in [6.07, 6.45) is -0.761. The van der Waals surface area contributed by atoms with E-state index in [0.29, 0.717) is 17.9 Å². The van der Waals surface area contributed by atoms with E-state index in [4.69, 9.17) is 14.7 Å². The molecule has 0 saturated carbocycles. The van der Waals surface area contributed by atoms with Crippen molar-refractivity contribution in [2.24, 2.45) is 0 Å². The fraction of sp³-hybridized carbons (Fsp3) is 0.214. The number of ether oxygens (including phenoxy) is 2. The van der Waals surface area contributed by atoms with E-state index in [1.165, 1.54) is 18.3 Å². The quantitative estimate of drug-likeness (QED) is 0.791. The molecule has 0 spiro atoms. The molecule has 1 atom stereocenters. The summed E-state index contributed by atoms with van der Waals surface area (Å²) in [6.45, 7) is 1.90. The van der Waals surface area contributed by atoms with Crippen LogP contribution in [-0.2, 0) is 11.3 Å². The number of nitriles is 1. The predicted octanol–water partition coefficient (Wildman–Crippen LogP) is 2.79. The van der Waals surface area contributed by atoms with Gasteiger partial charge in [-0.1, -0.05) is 0 Å². The summed E-state index contributed by atoms with van der Waals surface area (Å²) in [4.78, 5) is 15.8. The average molecular weight is 288 g/mol. The summed E-state index contributed by atoms with van der Waals surface area (Å²) in [5.41, 5.74) is 2.99. The van der Waals surface area contributed by atoms with Gasteiger partial charge in [0.15, 0.2) is 6.10 Å². The molecule has 5 nitrogen and oxygen atoms in total. The van der Waals surface area contributed by atoms with Gasteiger partial charge in [0.05, 0.1) is 16.8 Å². The average Bonchev–Trinajstić information content (AvgIpc) is 2.98. The van der Waals surface area contributed by atoms with Gasteiger partial charge in [0, 0.05) is 5.38 Å². The van der Waals surface area contributed by atoms with Gasteiger partial charge in [0.25, 0.3) is 0 Å². The Morgan fingerprint density at radius 3 is 2.80 bits per heavy atom. The van der Waals surface area contributed by atoms with E-state index in [2.05, 4.69) is 4.98 Å². The molecular weight excluding hydrogens is 276 g/mol. The van der Waals surface area contributed by atoms with E-state index in [-0.39, 0.29) is 0 Å². The van der Waals surface area contributed by atoms with Crippen LogP contribution in [0.2, 0.25) is 0 Å². The SMILES string of the molecule is C[C@@H](C#N)OC(=O)c1ccc(OCc2cscn2)cc1. The van der Waals surface area contributed by atoms with Crippen LogP contribution in [0.1, 0.15) is 23.0 Å². The molecule has 0 saturated heterocycles. The zero-order chi connectivity index (χ0) is 14.4. The van der Waals surface area contributed by atoms with E-state index in [0.717, 1.165) is 5.69 Å². The van der Waals surface area contributed by atoms with E-state index in [1.807, 2.05) is 11.4 Å². The molecule has 0 bridgehead atoms. The van der Waals surface area contributed by atoms with Gasteiger partial charge in [0.1, 0.15) is 18.4 Å². The van der Waals surface area contributed by atoms with Crippen LogP contribution in [0.3, 0.4) is 0 Å². The van der Waals surface area contributed by atoms with Crippen molar-refractivity contribution in [2.75, 3.05) is 0 Å². The van der Waals surface area contributed by atoms with Gasteiger partial charge in [-0.15, -0.1) is 11.3 Å². The topological polar surface area (TPSA) is 72.2 Å². The fourth-order valence-corrected chi connectivity index (χ4v) is 1.95. The van der Waals surface area contributed by atoms with Gasteiger partial charge in [-0.05, 0) is 31.2 Å². The van der Waals surface area contributed by atoms with Crippen LogP contribution in [0.4, 0.5) is 0 Å². The summed E-state index contributed by atoms with van der Waals surface area (Å²) in [5.74, 6) is 0.119. The fourth-order valence-electron chi connectivity index (χ4n) is 1.41. The number of hydrogen-bond acceptors (Lipinski definition) is 6. The molecule has 0 amide bonds. The lowest BCUT2D eigenvalue weighted by Crippen LogP contribution is -2.12. The minimum atomic E-state index is -0.761. The predicted molar refractivity (Wildman–Crippen MR) is 73.4 cm³/mol. The molecule has 0 N–H and O–H groups in total. The van der Waals surface area contributed by atoms with Crippen LogP contribution >= 0.6 is 11.3 Å². The standard InChI is InChI=1S/C14H12N2O3S/c1-10(6-15)19-14(17)11-2-4-13(5-3-11)18-7-12-8-20-9-16-12/h2-5,8-10H,7H2,1H3/t10-/m0/s1. The number of nitrogens with zero attached hydrogens (tertiary/aromatic N) is 2. The number of thiazole rings is 1. The zero-order valence-electron chi connectivity index (χ0n) is 10.8. The first-order chi connectivity index (χ1) is 9.69. The van der Waals surface area contributed by atoms with Gasteiger partial charge in [-0.2, -0.15) is 5.26 Å². The molecule has 1 aromatic carbocycles. The molecule has 6 heteroatoms.